The molecule has 1 unspecified atom stereocenters. The lowest BCUT2D eigenvalue weighted by Gasteiger charge is -2.11. The van der Waals surface area contributed by atoms with Crippen molar-refractivity contribution in [3.05, 3.63) is 0 Å². The van der Waals surface area contributed by atoms with Crippen molar-refractivity contribution in [2.24, 2.45) is 11.8 Å². The highest BCUT2D eigenvalue weighted by Crippen LogP contribution is 2.09. The fraction of sp³-hybridized carbons (Fsp3) is 0.917. The number of rotatable bonds is 8. The third-order valence-corrected chi connectivity index (χ3v) is 2.45. The standard InChI is InChI=1S/C12H25NO/c1-5-13-9-11(4)12(14)8-6-7-10(2)3/h10-11,13H,5-9H2,1-4H3. The minimum atomic E-state index is 0.183. The first-order valence-electron chi connectivity index (χ1n) is 5.81. The molecule has 0 rings (SSSR count). The molecule has 14 heavy (non-hydrogen) atoms. The van der Waals surface area contributed by atoms with E-state index in [1.54, 1.807) is 0 Å². The van der Waals surface area contributed by atoms with Crippen molar-refractivity contribution in [1.29, 1.82) is 0 Å². The van der Waals surface area contributed by atoms with Crippen molar-refractivity contribution >= 4 is 5.78 Å². The van der Waals surface area contributed by atoms with Crippen LogP contribution in [0, 0.1) is 11.8 Å². The second-order valence-electron chi connectivity index (χ2n) is 4.46. The molecule has 0 fully saturated rings. The Labute approximate surface area is 88.5 Å². The van der Waals surface area contributed by atoms with E-state index in [4.69, 9.17) is 0 Å². The normalized spacial score (nSPS) is 13.2. The summed E-state index contributed by atoms with van der Waals surface area (Å²) in [6, 6.07) is 0. The van der Waals surface area contributed by atoms with Crippen LogP contribution in [-0.4, -0.2) is 18.9 Å². The van der Waals surface area contributed by atoms with E-state index in [1.807, 2.05) is 6.92 Å². The molecule has 2 nitrogen and oxygen atoms in total. The van der Waals surface area contributed by atoms with Crippen LogP contribution < -0.4 is 5.32 Å². The third-order valence-electron chi connectivity index (χ3n) is 2.45. The van der Waals surface area contributed by atoms with Gasteiger partial charge >= 0.3 is 0 Å². The predicted molar refractivity (Wildman–Crippen MR) is 61.4 cm³/mol. The fourth-order valence-corrected chi connectivity index (χ4v) is 1.41. The molecule has 1 atom stereocenters. The highest BCUT2D eigenvalue weighted by Gasteiger charge is 2.11. The van der Waals surface area contributed by atoms with E-state index in [0.29, 0.717) is 11.7 Å². The van der Waals surface area contributed by atoms with Crippen LogP contribution in [0.4, 0.5) is 0 Å². The van der Waals surface area contributed by atoms with Gasteiger partial charge in [0, 0.05) is 18.9 Å². The summed E-state index contributed by atoms with van der Waals surface area (Å²) in [4.78, 5) is 11.6. The number of hydrogen-bond acceptors (Lipinski definition) is 2. The third kappa shape index (κ3) is 7.07. The Hall–Kier alpha value is -0.370. The van der Waals surface area contributed by atoms with Gasteiger partial charge in [0.1, 0.15) is 5.78 Å². The molecule has 0 aromatic heterocycles. The van der Waals surface area contributed by atoms with E-state index in [1.165, 1.54) is 6.42 Å². The Kier molecular flexibility index (Phi) is 7.77. The van der Waals surface area contributed by atoms with Crippen molar-refractivity contribution in [3.8, 4) is 0 Å². The van der Waals surface area contributed by atoms with Gasteiger partial charge in [0.05, 0.1) is 0 Å². The first-order valence-corrected chi connectivity index (χ1v) is 5.81. The highest BCUT2D eigenvalue weighted by molar-refractivity contribution is 5.80. The molecular formula is C12H25NO. The minimum absolute atomic E-state index is 0.183. The summed E-state index contributed by atoms with van der Waals surface area (Å²) in [7, 11) is 0. The van der Waals surface area contributed by atoms with Gasteiger partial charge in [-0.3, -0.25) is 4.79 Å². The number of Topliss-reactive ketones (excluding diaryl/α,β-unsaturated/α-hetero) is 1. The van der Waals surface area contributed by atoms with Crippen molar-refractivity contribution in [3.63, 3.8) is 0 Å². The zero-order chi connectivity index (χ0) is 11.0. The van der Waals surface area contributed by atoms with Crippen LogP contribution in [0.1, 0.15) is 47.0 Å². The van der Waals surface area contributed by atoms with Gasteiger partial charge in [-0.2, -0.15) is 0 Å². The number of nitrogens with one attached hydrogen (secondary N) is 1. The number of ketones is 1. The maximum absolute atomic E-state index is 11.6. The average molecular weight is 199 g/mol. The summed E-state index contributed by atoms with van der Waals surface area (Å²) < 4.78 is 0. The Morgan fingerprint density at radius 1 is 1.29 bits per heavy atom. The molecule has 0 aliphatic carbocycles. The van der Waals surface area contributed by atoms with Crippen LogP contribution >= 0.6 is 0 Å². The van der Waals surface area contributed by atoms with E-state index >= 15 is 0 Å². The van der Waals surface area contributed by atoms with E-state index in [-0.39, 0.29) is 5.92 Å². The first kappa shape index (κ1) is 13.6. The van der Waals surface area contributed by atoms with Crippen LogP contribution in [0.25, 0.3) is 0 Å². The number of carbonyl (C=O) groups excluding carboxylic acids is 1. The van der Waals surface area contributed by atoms with E-state index in [9.17, 15) is 4.79 Å². The smallest absolute Gasteiger partial charge is 0.136 e. The van der Waals surface area contributed by atoms with Gasteiger partial charge in [-0.25, -0.2) is 0 Å². The van der Waals surface area contributed by atoms with Crippen molar-refractivity contribution in [2.75, 3.05) is 13.1 Å². The Balaban J connectivity index is 3.52. The van der Waals surface area contributed by atoms with Gasteiger partial charge < -0.3 is 5.32 Å². The zero-order valence-electron chi connectivity index (χ0n) is 10.1. The molecule has 0 aliphatic heterocycles. The topological polar surface area (TPSA) is 29.1 Å². The fourth-order valence-electron chi connectivity index (χ4n) is 1.41. The number of carbonyl (C=O) groups is 1. The molecular weight excluding hydrogens is 174 g/mol. The molecule has 0 spiro atoms. The van der Waals surface area contributed by atoms with E-state index in [0.717, 1.165) is 25.9 Å². The van der Waals surface area contributed by atoms with E-state index in [2.05, 4.69) is 26.1 Å². The van der Waals surface area contributed by atoms with E-state index < -0.39 is 0 Å². The van der Waals surface area contributed by atoms with Crippen molar-refractivity contribution < 1.29 is 4.79 Å². The summed E-state index contributed by atoms with van der Waals surface area (Å²) in [5.41, 5.74) is 0. The van der Waals surface area contributed by atoms with Crippen LogP contribution in [0.5, 0.6) is 0 Å². The molecule has 0 bridgehead atoms. The van der Waals surface area contributed by atoms with Crippen molar-refractivity contribution in [2.45, 2.75) is 47.0 Å². The average Bonchev–Trinajstić information content (AvgIpc) is 2.13. The second kappa shape index (κ2) is 7.98. The lowest BCUT2D eigenvalue weighted by Crippen LogP contribution is -2.26. The molecule has 1 N–H and O–H groups in total. The molecule has 0 heterocycles. The number of hydrogen-bond donors (Lipinski definition) is 1. The Morgan fingerprint density at radius 3 is 2.43 bits per heavy atom. The minimum Gasteiger partial charge on any atom is -0.316 e. The zero-order valence-corrected chi connectivity index (χ0v) is 10.1. The maximum Gasteiger partial charge on any atom is 0.136 e. The molecule has 0 saturated carbocycles. The molecule has 0 aromatic rings. The quantitative estimate of drug-likeness (QED) is 0.651. The monoisotopic (exact) mass is 199 g/mol. The molecule has 0 saturated heterocycles. The van der Waals surface area contributed by atoms with Gasteiger partial charge in [0.25, 0.3) is 0 Å². The lowest BCUT2D eigenvalue weighted by atomic mass is 9.98. The van der Waals surface area contributed by atoms with Crippen molar-refractivity contribution in [1.82, 2.24) is 5.32 Å². The molecule has 0 aliphatic rings. The summed E-state index contributed by atoms with van der Waals surface area (Å²) in [6.45, 7) is 10.3. The van der Waals surface area contributed by atoms with Gasteiger partial charge in [-0.05, 0) is 18.9 Å². The van der Waals surface area contributed by atoms with Gasteiger partial charge in [0.2, 0.25) is 0 Å². The molecule has 84 valence electrons. The molecule has 2 heteroatoms. The molecule has 0 radical (unpaired) electrons. The Bertz CT molecular complexity index is 154. The lowest BCUT2D eigenvalue weighted by molar-refractivity contribution is -0.122. The summed E-state index contributed by atoms with van der Waals surface area (Å²) >= 11 is 0. The van der Waals surface area contributed by atoms with Gasteiger partial charge in [-0.1, -0.05) is 34.1 Å². The van der Waals surface area contributed by atoms with Crippen LogP contribution in [0.3, 0.4) is 0 Å². The maximum atomic E-state index is 11.6. The van der Waals surface area contributed by atoms with Crippen LogP contribution in [0.15, 0.2) is 0 Å². The summed E-state index contributed by atoms with van der Waals surface area (Å²) in [5.74, 6) is 1.31. The Morgan fingerprint density at radius 2 is 1.93 bits per heavy atom. The summed E-state index contributed by atoms with van der Waals surface area (Å²) in [6.07, 6.45) is 2.97. The molecule has 0 amide bonds. The first-order chi connectivity index (χ1) is 6.57. The molecule has 0 aromatic carbocycles. The largest absolute Gasteiger partial charge is 0.316 e. The SMILES string of the molecule is CCNCC(C)C(=O)CCCC(C)C. The summed E-state index contributed by atoms with van der Waals surface area (Å²) in [5, 5.41) is 3.21. The van der Waals surface area contributed by atoms with Crippen LogP contribution in [-0.2, 0) is 4.79 Å². The second-order valence-corrected chi connectivity index (χ2v) is 4.46. The van der Waals surface area contributed by atoms with Crippen LogP contribution in [0.2, 0.25) is 0 Å². The van der Waals surface area contributed by atoms with Gasteiger partial charge in [0.15, 0.2) is 0 Å². The highest BCUT2D eigenvalue weighted by atomic mass is 16.1. The predicted octanol–water partition coefficient (Wildman–Crippen LogP) is 2.63. The van der Waals surface area contributed by atoms with Gasteiger partial charge in [-0.15, -0.1) is 0 Å².